The van der Waals surface area contributed by atoms with Crippen molar-refractivity contribution in [1.29, 1.82) is 0 Å². The maximum atomic E-state index is 10.4. The number of nitrogens with two attached hydrogens (primary N) is 1. The monoisotopic (exact) mass is 181 g/mol. The van der Waals surface area contributed by atoms with Crippen LogP contribution in [0.3, 0.4) is 0 Å². The van der Waals surface area contributed by atoms with Gasteiger partial charge in [-0.05, 0) is 18.8 Å². The lowest BCUT2D eigenvalue weighted by atomic mass is 10.1. The highest BCUT2D eigenvalue weighted by Crippen LogP contribution is 2.39. The van der Waals surface area contributed by atoms with E-state index in [4.69, 9.17) is 5.73 Å². The van der Waals surface area contributed by atoms with Gasteiger partial charge in [0.15, 0.2) is 0 Å². The molecule has 1 aromatic rings. The number of nitro groups is 1. The minimum Gasteiger partial charge on any atom is -0.358 e. The van der Waals surface area contributed by atoms with Crippen LogP contribution in [-0.4, -0.2) is 9.91 Å². The molecule has 1 aromatic heterocycles. The van der Waals surface area contributed by atoms with Gasteiger partial charge in [0.2, 0.25) is 0 Å². The lowest BCUT2D eigenvalue weighted by Crippen LogP contribution is -2.12. The topological polar surface area (TPSA) is 84.9 Å². The highest BCUT2D eigenvalue weighted by molar-refractivity contribution is 5.31. The molecule has 1 fully saturated rings. The number of hydrogen-bond donors (Lipinski definition) is 2. The Bertz CT molecular complexity index is 330. The molecule has 5 nitrogen and oxygen atoms in total. The maximum Gasteiger partial charge on any atom is 0.287 e. The summed E-state index contributed by atoms with van der Waals surface area (Å²) in [5, 5.41) is 10.4. The van der Waals surface area contributed by atoms with Crippen LogP contribution in [0, 0.1) is 16.0 Å². The van der Waals surface area contributed by atoms with Gasteiger partial charge in [0.05, 0.1) is 11.1 Å². The second-order valence-corrected chi connectivity index (χ2v) is 3.43. The summed E-state index contributed by atoms with van der Waals surface area (Å²) in [5.41, 5.74) is 6.72. The van der Waals surface area contributed by atoms with Crippen molar-refractivity contribution in [3.05, 3.63) is 28.1 Å². The van der Waals surface area contributed by atoms with Gasteiger partial charge in [-0.1, -0.05) is 0 Å². The summed E-state index contributed by atoms with van der Waals surface area (Å²) >= 11 is 0. The summed E-state index contributed by atoms with van der Waals surface area (Å²) in [4.78, 5) is 12.8. The molecule has 1 heterocycles. The summed E-state index contributed by atoms with van der Waals surface area (Å²) in [5.74, 6) is 0.512. The normalized spacial score (nSPS) is 18.5. The molecule has 5 heteroatoms. The van der Waals surface area contributed by atoms with E-state index in [0.29, 0.717) is 5.92 Å². The Balaban J connectivity index is 2.16. The van der Waals surface area contributed by atoms with Crippen LogP contribution >= 0.6 is 0 Å². The van der Waals surface area contributed by atoms with Gasteiger partial charge >= 0.3 is 0 Å². The predicted octanol–water partition coefficient (Wildman–Crippen LogP) is 1.33. The molecular formula is C8H11N3O2. The fraction of sp³-hybridized carbons (Fsp3) is 0.500. The summed E-state index contributed by atoms with van der Waals surface area (Å²) in [7, 11) is 0. The second kappa shape index (κ2) is 2.85. The van der Waals surface area contributed by atoms with Crippen LogP contribution < -0.4 is 5.73 Å². The van der Waals surface area contributed by atoms with Crippen LogP contribution in [0.2, 0.25) is 0 Å². The van der Waals surface area contributed by atoms with Crippen LogP contribution in [0.5, 0.6) is 0 Å². The number of nitrogens with zero attached hydrogens (tertiary/aromatic N) is 1. The van der Waals surface area contributed by atoms with Gasteiger partial charge in [0, 0.05) is 17.8 Å². The molecule has 3 N–H and O–H groups in total. The molecule has 1 atom stereocenters. The highest BCUT2D eigenvalue weighted by Gasteiger charge is 2.31. The SMILES string of the molecule is NC(c1cc([N+](=O)[O-])c[nH]1)C1CC1. The van der Waals surface area contributed by atoms with Crippen molar-refractivity contribution in [3.63, 3.8) is 0 Å². The van der Waals surface area contributed by atoms with Crippen molar-refractivity contribution in [1.82, 2.24) is 4.98 Å². The Morgan fingerprint density at radius 2 is 2.38 bits per heavy atom. The molecule has 0 saturated heterocycles. The molecule has 1 unspecified atom stereocenters. The fourth-order valence-electron chi connectivity index (χ4n) is 1.41. The second-order valence-electron chi connectivity index (χ2n) is 3.43. The first-order valence-electron chi connectivity index (χ1n) is 4.27. The van der Waals surface area contributed by atoms with Gasteiger partial charge in [-0.2, -0.15) is 0 Å². The van der Waals surface area contributed by atoms with Gasteiger partial charge in [-0.25, -0.2) is 0 Å². The molecule has 0 bridgehead atoms. The quantitative estimate of drug-likeness (QED) is 0.545. The van der Waals surface area contributed by atoms with Gasteiger partial charge in [0.25, 0.3) is 5.69 Å². The Kier molecular flexibility index (Phi) is 1.81. The zero-order chi connectivity index (χ0) is 9.42. The molecule has 0 spiro atoms. The predicted molar refractivity (Wildman–Crippen MR) is 47.1 cm³/mol. The van der Waals surface area contributed by atoms with Crippen LogP contribution in [0.15, 0.2) is 12.3 Å². The number of aromatic amines is 1. The molecule has 0 amide bonds. The summed E-state index contributed by atoms with van der Waals surface area (Å²) < 4.78 is 0. The molecule has 0 aromatic carbocycles. The minimum atomic E-state index is -0.417. The Hall–Kier alpha value is -1.36. The van der Waals surface area contributed by atoms with Gasteiger partial charge in [0.1, 0.15) is 0 Å². The summed E-state index contributed by atoms with van der Waals surface area (Å²) in [6, 6.07) is 1.46. The zero-order valence-electron chi connectivity index (χ0n) is 7.06. The first-order chi connectivity index (χ1) is 6.18. The van der Waals surface area contributed by atoms with Crippen molar-refractivity contribution in [3.8, 4) is 0 Å². The molecule has 70 valence electrons. The van der Waals surface area contributed by atoms with Crippen LogP contribution in [0.1, 0.15) is 24.6 Å². The third kappa shape index (κ3) is 1.55. The van der Waals surface area contributed by atoms with E-state index < -0.39 is 4.92 Å². The van der Waals surface area contributed by atoms with E-state index in [1.54, 1.807) is 0 Å². The molecule has 1 saturated carbocycles. The average Bonchev–Trinajstić information content (AvgIpc) is 2.81. The van der Waals surface area contributed by atoms with E-state index >= 15 is 0 Å². The zero-order valence-corrected chi connectivity index (χ0v) is 7.06. The number of H-pyrrole nitrogens is 1. The van der Waals surface area contributed by atoms with Crippen molar-refractivity contribution in [2.75, 3.05) is 0 Å². The van der Waals surface area contributed by atoms with Gasteiger partial charge in [-0.3, -0.25) is 10.1 Å². The van der Waals surface area contributed by atoms with Gasteiger partial charge < -0.3 is 10.7 Å². The van der Waals surface area contributed by atoms with Crippen molar-refractivity contribution in [2.45, 2.75) is 18.9 Å². The van der Waals surface area contributed by atoms with E-state index in [1.807, 2.05) is 0 Å². The molecular weight excluding hydrogens is 170 g/mol. The Morgan fingerprint density at radius 1 is 1.69 bits per heavy atom. The third-order valence-corrected chi connectivity index (χ3v) is 2.39. The summed E-state index contributed by atoms with van der Waals surface area (Å²) in [6.45, 7) is 0. The molecule has 13 heavy (non-hydrogen) atoms. The standard InChI is InChI=1S/C8H11N3O2/c9-8(5-1-2-5)7-3-6(4-10-7)11(12)13/h3-5,8,10H,1-2,9H2. The average molecular weight is 181 g/mol. The number of nitrogens with one attached hydrogen (secondary N) is 1. The largest absolute Gasteiger partial charge is 0.358 e. The van der Waals surface area contributed by atoms with E-state index in [2.05, 4.69) is 4.98 Å². The van der Waals surface area contributed by atoms with Crippen molar-refractivity contribution >= 4 is 5.69 Å². The van der Waals surface area contributed by atoms with Crippen LogP contribution in [0.4, 0.5) is 5.69 Å². The van der Waals surface area contributed by atoms with Gasteiger partial charge in [-0.15, -0.1) is 0 Å². The molecule has 0 aliphatic heterocycles. The Morgan fingerprint density at radius 3 is 2.85 bits per heavy atom. The number of rotatable bonds is 3. The van der Waals surface area contributed by atoms with Crippen molar-refractivity contribution in [2.24, 2.45) is 11.7 Å². The summed E-state index contributed by atoms with van der Waals surface area (Å²) in [6.07, 6.45) is 3.65. The Labute approximate surface area is 75.1 Å². The number of aromatic nitrogens is 1. The molecule has 1 aliphatic rings. The molecule has 1 aliphatic carbocycles. The van der Waals surface area contributed by atoms with E-state index in [1.165, 1.54) is 12.3 Å². The van der Waals surface area contributed by atoms with E-state index in [9.17, 15) is 10.1 Å². The lowest BCUT2D eigenvalue weighted by molar-refractivity contribution is -0.384. The first kappa shape index (κ1) is 8.25. The smallest absolute Gasteiger partial charge is 0.287 e. The highest BCUT2D eigenvalue weighted by atomic mass is 16.6. The van der Waals surface area contributed by atoms with Crippen LogP contribution in [-0.2, 0) is 0 Å². The van der Waals surface area contributed by atoms with Crippen LogP contribution in [0.25, 0.3) is 0 Å². The maximum absolute atomic E-state index is 10.4. The van der Waals surface area contributed by atoms with E-state index in [0.717, 1.165) is 18.5 Å². The lowest BCUT2D eigenvalue weighted by Gasteiger charge is -2.05. The molecule has 0 radical (unpaired) electrons. The first-order valence-corrected chi connectivity index (χ1v) is 4.27. The van der Waals surface area contributed by atoms with E-state index in [-0.39, 0.29) is 11.7 Å². The fourth-order valence-corrected chi connectivity index (χ4v) is 1.41. The number of hydrogen-bond acceptors (Lipinski definition) is 3. The van der Waals surface area contributed by atoms with Crippen molar-refractivity contribution < 1.29 is 4.92 Å². The minimum absolute atomic E-state index is 0.0614. The third-order valence-electron chi connectivity index (χ3n) is 2.39. The molecule has 2 rings (SSSR count).